The van der Waals surface area contributed by atoms with Crippen molar-refractivity contribution in [3.05, 3.63) is 78.9 Å². The SMILES string of the molecule is O=C1OC(c2ccc(Br)cc2)=NC1=Cc1ccc(Cl)c([N+](=O)[O-])c1. The standard InChI is InChI=1S/C16H8BrClN2O4/c17-11-4-2-10(3-5-11)15-19-13(16(21)24-15)7-9-1-6-12(18)14(8-9)20(22)23/h1-8H. The summed E-state index contributed by atoms with van der Waals surface area (Å²) in [6.07, 6.45) is 1.41. The van der Waals surface area contributed by atoms with Crippen molar-refractivity contribution in [1.82, 2.24) is 0 Å². The van der Waals surface area contributed by atoms with Crippen LogP contribution in [0.4, 0.5) is 5.69 Å². The van der Waals surface area contributed by atoms with Crippen molar-refractivity contribution in [2.45, 2.75) is 0 Å². The van der Waals surface area contributed by atoms with Crippen molar-refractivity contribution in [3.8, 4) is 0 Å². The van der Waals surface area contributed by atoms with Crippen LogP contribution in [0.2, 0.25) is 5.02 Å². The molecule has 0 amide bonds. The maximum Gasteiger partial charge on any atom is 0.363 e. The fraction of sp³-hybridized carbons (Fsp3) is 0. The number of cyclic esters (lactones) is 1. The molecule has 0 aromatic heterocycles. The number of nitro benzene ring substituents is 1. The largest absolute Gasteiger partial charge is 0.402 e. The Kier molecular flexibility index (Phi) is 4.46. The molecule has 0 aliphatic carbocycles. The summed E-state index contributed by atoms with van der Waals surface area (Å²) in [4.78, 5) is 26.4. The van der Waals surface area contributed by atoms with Gasteiger partial charge in [0.15, 0.2) is 5.70 Å². The van der Waals surface area contributed by atoms with Crippen molar-refractivity contribution in [1.29, 1.82) is 0 Å². The molecule has 24 heavy (non-hydrogen) atoms. The molecule has 3 rings (SSSR count). The number of hydrogen-bond donors (Lipinski definition) is 0. The predicted molar refractivity (Wildman–Crippen MR) is 92.9 cm³/mol. The first kappa shape index (κ1) is 16.4. The normalized spacial score (nSPS) is 15.3. The summed E-state index contributed by atoms with van der Waals surface area (Å²) in [6, 6.07) is 11.3. The molecule has 0 fully saturated rings. The first-order valence-electron chi connectivity index (χ1n) is 6.66. The van der Waals surface area contributed by atoms with Crippen molar-refractivity contribution in [2.75, 3.05) is 0 Å². The maximum atomic E-state index is 11.9. The number of benzene rings is 2. The van der Waals surface area contributed by atoms with Gasteiger partial charge in [-0.3, -0.25) is 10.1 Å². The van der Waals surface area contributed by atoms with E-state index in [1.165, 1.54) is 18.2 Å². The molecule has 1 heterocycles. The van der Waals surface area contributed by atoms with Crippen LogP contribution in [0.1, 0.15) is 11.1 Å². The van der Waals surface area contributed by atoms with Gasteiger partial charge < -0.3 is 4.74 Å². The van der Waals surface area contributed by atoms with Crippen molar-refractivity contribution < 1.29 is 14.5 Å². The Morgan fingerprint density at radius 2 is 1.92 bits per heavy atom. The first-order valence-corrected chi connectivity index (χ1v) is 7.83. The van der Waals surface area contributed by atoms with E-state index in [4.69, 9.17) is 16.3 Å². The Bertz CT molecular complexity index is 907. The quantitative estimate of drug-likeness (QED) is 0.328. The van der Waals surface area contributed by atoms with E-state index in [9.17, 15) is 14.9 Å². The minimum Gasteiger partial charge on any atom is -0.402 e. The highest BCUT2D eigenvalue weighted by atomic mass is 79.9. The number of halogens is 2. The van der Waals surface area contributed by atoms with Crippen LogP contribution in [-0.2, 0) is 9.53 Å². The summed E-state index contributed by atoms with van der Waals surface area (Å²) in [5.74, 6) is -0.437. The molecule has 1 aliphatic heterocycles. The van der Waals surface area contributed by atoms with Gasteiger partial charge >= 0.3 is 5.97 Å². The zero-order valence-corrected chi connectivity index (χ0v) is 14.2. The minimum atomic E-state index is -0.620. The number of aliphatic imine (C=N–C) groups is 1. The summed E-state index contributed by atoms with van der Waals surface area (Å²) < 4.78 is 6.03. The van der Waals surface area contributed by atoms with E-state index in [-0.39, 0.29) is 22.3 Å². The Hall–Kier alpha value is -2.51. The van der Waals surface area contributed by atoms with Gasteiger partial charge in [0.1, 0.15) is 5.02 Å². The molecule has 2 aromatic rings. The third kappa shape index (κ3) is 3.37. The Labute approximate surface area is 149 Å². The van der Waals surface area contributed by atoms with Gasteiger partial charge in [-0.2, -0.15) is 0 Å². The molecule has 0 spiro atoms. The number of carbonyl (C=O) groups is 1. The predicted octanol–water partition coefficient (Wildman–Crippen LogP) is 4.36. The van der Waals surface area contributed by atoms with Crippen molar-refractivity contribution in [3.63, 3.8) is 0 Å². The average molecular weight is 408 g/mol. The van der Waals surface area contributed by atoms with Gasteiger partial charge in [-0.25, -0.2) is 9.79 Å². The Balaban J connectivity index is 1.95. The van der Waals surface area contributed by atoms with Gasteiger partial charge in [-0.15, -0.1) is 0 Å². The molecule has 0 saturated carbocycles. The van der Waals surface area contributed by atoms with Gasteiger partial charge in [-0.05, 0) is 42.0 Å². The highest BCUT2D eigenvalue weighted by Gasteiger charge is 2.24. The third-order valence-corrected chi connectivity index (χ3v) is 4.03. The van der Waals surface area contributed by atoms with E-state index >= 15 is 0 Å². The molecule has 2 aromatic carbocycles. The number of nitrogens with zero attached hydrogens (tertiary/aromatic N) is 2. The first-order chi connectivity index (χ1) is 11.4. The lowest BCUT2D eigenvalue weighted by Gasteiger charge is -1.98. The van der Waals surface area contributed by atoms with E-state index in [1.807, 2.05) is 0 Å². The van der Waals surface area contributed by atoms with Gasteiger partial charge in [-0.1, -0.05) is 33.6 Å². The lowest BCUT2D eigenvalue weighted by Crippen LogP contribution is -2.05. The molecule has 0 atom stereocenters. The number of hydrogen-bond acceptors (Lipinski definition) is 5. The number of carbonyl (C=O) groups excluding carboxylic acids is 1. The monoisotopic (exact) mass is 406 g/mol. The van der Waals surface area contributed by atoms with Crippen molar-refractivity contribution >= 4 is 51.2 Å². The summed E-state index contributed by atoms with van der Waals surface area (Å²) >= 11 is 9.09. The smallest absolute Gasteiger partial charge is 0.363 e. The zero-order valence-electron chi connectivity index (χ0n) is 11.9. The third-order valence-electron chi connectivity index (χ3n) is 3.18. The fourth-order valence-electron chi connectivity index (χ4n) is 2.04. The van der Waals surface area contributed by atoms with Crippen LogP contribution in [0.5, 0.6) is 0 Å². The summed E-state index contributed by atoms with van der Waals surface area (Å²) in [5.41, 5.74) is 0.898. The summed E-state index contributed by atoms with van der Waals surface area (Å²) in [6.45, 7) is 0. The van der Waals surface area contributed by atoms with E-state index in [2.05, 4.69) is 20.9 Å². The van der Waals surface area contributed by atoms with Crippen LogP contribution in [-0.4, -0.2) is 16.8 Å². The Morgan fingerprint density at radius 1 is 1.21 bits per heavy atom. The molecule has 0 bridgehead atoms. The van der Waals surface area contributed by atoms with Crippen LogP contribution in [0.3, 0.4) is 0 Å². The van der Waals surface area contributed by atoms with Gasteiger partial charge in [0.2, 0.25) is 5.90 Å². The van der Waals surface area contributed by atoms with Crippen LogP contribution >= 0.6 is 27.5 Å². The second kappa shape index (κ2) is 6.54. The van der Waals surface area contributed by atoms with E-state index in [1.54, 1.807) is 30.3 Å². The number of nitro groups is 1. The molecule has 6 nitrogen and oxygen atoms in total. The molecular weight excluding hydrogens is 400 g/mol. The molecule has 0 radical (unpaired) electrons. The van der Waals surface area contributed by atoms with Gasteiger partial charge in [0.25, 0.3) is 5.69 Å². The molecule has 0 unspecified atom stereocenters. The van der Waals surface area contributed by atoms with Crippen LogP contribution in [0, 0.1) is 10.1 Å². The molecule has 0 N–H and O–H groups in total. The molecular formula is C16H8BrClN2O4. The highest BCUT2D eigenvalue weighted by Crippen LogP contribution is 2.27. The number of ether oxygens (including phenoxy) is 1. The lowest BCUT2D eigenvalue weighted by atomic mass is 10.1. The van der Waals surface area contributed by atoms with E-state index in [0.717, 1.165) is 4.47 Å². The molecule has 0 saturated heterocycles. The molecule has 8 heteroatoms. The topological polar surface area (TPSA) is 81.8 Å². The van der Waals surface area contributed by atoms with Crippen molar-refractivity contribution in [2.24, 2.45) is 4.99 Å². The van der Waals surface area contributed by atoms with Gasteiger partial charge in [0.05, 0.1) is 4.92 Å². The molecule has 120 valence electrons. The lowest BCUT2D eigenvalue weighted by molar-refractivity contribution is -0.384. The van der Waals surface area contributed by atoms with E-state index < -0.39 is 10.9 Å². The van der Waals surface area contributed by atoms with Crippen LogP contribution < -0.4 is 0 Å². The summed E-state index contributed by atoms with van der Waals surface area (Å²) in [5, 5.41) is 10.9. The second-order valence-corrected chi connectivity index (χ2v) is 6.13. The average Bonchev–Trinajstić information content (AvgIpc) is 2.90. The van der Waals surface area contributed by atoms with Gasteiger partial charge in [0, 0.05) is 16.1 Å². The highest BCUT2D eigenvalue weighted by molar-refractivity contribution is 9.10. The second-order valence-electron chi connectivity index (χ2n) is 4.81. The summed E-state index contributed by atoms with van der Waals surface area (Å²) in [7, 11) is 0. The van der Waals surface area contributed by atoms with Crippen LogP contribution in [0.25, 0.3) is 6.08 Å². The van der Waals surface area contributed by atoms with E-state index in [0.29, 0.717) is 11.1 Å². The number of rotatable bonds is 3. The van der Waals surface area contributed by atoms with Crippen LogP contribution in [0.15, 0.2) is 57.6 Å². The fourth-order valence-corrected chi connectivity index (χ4v) is 2.49. The zero-order chi connectivity index (χ0) is 17.3. The minimum absolute atomic E-state index is 0.0233. The Morgan fingerprint density at radius 3 is 2.58 bits per heavy atom. The molecule has 1 aliphatic rings. The maximum absolute atomic E-state index is 11.9. The number of esters is 1.